The van der Waals surface area contributed by atoms with Crippen LogP contribution in [0, 0.1) is 34.6 Å². The highest BCUT2D eigenvalue weighted by Crippen LogP contribution is 2.18. The molecule has 7 heteroatoms. The second-order valence-corrected chi connectivity index (χ2v) is 7.32. The van der Waals surface area contributed by atoms with E-state index in [0.29, 0.717) is 5.69 Å². The lowest BCUT2D eigenvalue weighted by Gasteiger charge is -2.10. The zero-order valence-electron chi connectivity index (χ0n) is 17.3. The van der Waals surface area contributed by atoms with Gasteiger partial charge in [-0.15, -0.1) is 5.10 Å². The maximum Gasteiger partial charge on any atom is 0.278 e. The summed E-state index contributed by atoms with van der Waals surface area (Å²) in [5.74, 6) is -0.580. The van der Waals surface area contributed by atoms with Crippen LogP contribution in [0.25, 0.3) is 0 Å². The Hall–Kier alpha value is -3.48. The summed E-state index contributed by atoms with van der Waals surface area (Å²) in [6.07, 6.45) is 0. The fraction of sp³-hybridized carbons (Fsp3) is 0.273. The number of hydrogen-bond acceptors (Lipinski definition) is 4. The second-order valence-electron chi connectivity index (χ2n) is 7.32. The summed E-state index contributed by atoms with van der Waals surface area (Å²) in [5.41, 5.74) is 6.35. The van der Waals surface area contributed by atoms with Gasteiger partial charge in [-0.05, 0) is 63.4 Å². The van der Waals surface area contributed by atoms with Crippen LogP contribution in [0.3, 0.4) is 0 Å². The van der Waals surface area contributed by atoms with Crippen molar-refractivity contribution < 1.29 is 9.59 Å². The maximum atomic E-state index is 12.6. The molecule has 7 nitrogen and oxygen atoms in total. The van der Waals surface area contributed by atoms with E-state index in [0.717, 1.165) is 33.6 Å². The van der Waals surface area contributed by atoms with Gasteiger partial charge in [0.1, 0.15) is 6.54 Å². The van der Waals surface area contributed by atoms with Gasteiger partial charge in [0, 0.05) is 11.4 Å². The number of aromatic nitrogens is 3. The lowest BCUT2D eigenvalue weighted by molar-refractivity contribution is -0.117. The number of carbonyl (C=O) groups excluding carboxylic acids is 2. The summed E-state index contributed by atoms with van der Waals surface area (Å²) in [4.78, 5) is 25.1. The van der Waals surface area contributed by atoms with Crippen LogP contribution in [0.4, 0.5) is 11.4 Å². The predicted octanol–water partition coefficient (Wildman–Crippen LogP) is 3.71. The molecular formula is C22H25N5O2. The predicted molar refractivity (Wildman–Crippen MR) is 113 cm³/mol. The average Bonchev–Trinajstić information content (AvgIpc) is 3.01. The molecule has 0 aliphatic carbocycles. The molecule has 3 aromatic rings. The Labute approximate surface area is 170 Å². The van der Waals surface area contributed by atoms with Crippen molar-refractivity contribution in [2.75, 3.05) is 10.6 Å². The van der Waals surface area contributed by atoms with Crippen LogP contribution < -0.4 is 10.6 Å². The molecule has 0 aliphatic heterocycles. The van der Waals surface area contributed by atoms with Gasteiger partial charge in [0.25, 0.3) is 5.91 Å². The van der Waals surface area contributed by atoms with E-state index in [1.165, 1.54) is 4.68 Å². The number of aryl methyl sites for hydroxylation is 4. The summed E-state index contributed by atoms with van der Waals surface area (Å²) < 4.78 is 1.43. The third kappa shape index (κ3) is 4.68. The van der Waals surface area contributed by atoms with E-state index in [2.05, 4.69) is 20.9 Å². The number of anilines is 2. The number of rotatable bonds is 5. The van der Waals surface area contributed by atoms with Crippen LogP contribution in [0.5, 0.6) is 0 Å². The second kappa shape index (κ2) is 8.26. The minimum Gasteiger partial charge on any atom is -0.324 e. The minimum atomic E-state index is -0.351. The van der Waals surface area contributed by atoms with Crippen LogP contribution >= 0.6 is 0 Å². The molecule has 0 saturated heterocycles. The Bertz CT molecular complexity index is 1080. The van der Waals surface area contributed by atoms with E-state index in [1.54, 1.807) is 6.92 Å². The van der Waals surface area contributed by atoms with Crippen LogP contribution in [-0.2, 0) is 11.3 Å². The first-order valence-corrected chi connectivity index (χ1v) is 9.40. The Balaban J connectivity index is 1.70. The maximum absolute atomic E-state index is 12.6. The topological polar surface area (TPSA) is 88.9 Å². The lowest BCUT2D eigenvalue weighted by Crippen LogP contribution is -2.21. The summed E-state index contributed by atoms with van der Waals surface area (Å²) >= 11 is 0. The molecule has 1 heterocycles. The van der Waals surface area contributed by atoms with E-state index in [1.807, 2.05) is 64.1 Å². The van der Waals surface area contributed by atoms with E-state index in [9.17, 15) is 9.59 Å². The van der Waals surface area contributed by atoms with Crippen LogP contribution in [-0.4, -0.2) is 26.8 Å². The van der Waals surface area contributed by atoms with Gasteiger partial charge in [-0.2, -0.15) is 0 Å². The molecule has 0 fully saturated rings. The number of carbonyl (C=O) groups is 2. The number of hydrogen-bond donors (Lipinski definition) is 2. The Morgan fingerprint density at radius 3 is 2.28 bits per heavy atom. The number of amides is 2. The third-order valence-electron chi connectivity index (χ3n) is 4.79. The first-order valence-electron chi connectivity index (χ1n) is 9.40. The van der Waals surface area contributed by atoms with Gasteiger partial charge < -0.3 is 10.6 Å². The standard InChI is InChI=1S/C22H25N5O2/c1-13-7-9-18(16(4)10-13)24-22(29)21-17(5)27(26-25-21)12-20(28)23-19-11-14(2)6-8-15(19)3/h6-11H,12H2,1-5H3,(H,23,28)(H,24,29). The van der Waals surface area contributed by atoms with E-state index in [4.69, 9.17) is 0 Å². The molecule has 3 rings (SSSR count). The van der Waals surface area contributed by atoms with Crippen molar-refractivity contribution in [1.82, 2.24) is 15.0 Å². The van der Waals surface area contributed by atoms with Gasteiger partial charge in [-0.3, -0.25) is 9.59 Å². The highest BCUT2D eigenvalue weighted by atomic mass is 16.2. The van der Waals surface area contributed by atoms with Gasteiger partial charge in [0.15, 0.2) is 5.69 Å². The van der Waals surface area contributed by atoms with Gasteiger partial charge in [0.05, 0.1) is 5.69 Å². The van der Waals surface area contributed by atoms with Crippen molar-refractivity contribution in [1.29, 1.82) is 0 Å². The molecule has 0 saturated carbocycles. The molecule has 0 aliphatic rings. The first kappa shape index (κ1) is 20.3. The van der Waals surface area contributed by atoms with E-state index >= 15 is 0 Å². The molecule has 1 aromatic heterocycles. The molecule has 0 bridgehead atoms. The highest BCUT2D eigenvalue weighted by molar-refractivity contribution is 6.04. The van der Waals surface area contributed by atoms with E-state index in [-0.39, 0.29) is 24.1 Å². The summed E-state index contributed by atoms with van der Waals surface area (Å²) in [5, 5.41) is 13.7. The average molecular weight is 391 g/mol. The monoisotopic (exact) mass is 391 g/mol. The summed E-state index contributed by atoms with van der Waals surface area (Å²) in [6.45, 7) is 9.54. The molecule has 150 valence electrons. The number of nitrogens with zero attached hydrogens (tertiary/aromatic N) is 3. The van der Waals surface area contributed by atoms with Crippen molar-refractivity contribution in [2.24, 2.45) is 0 Å². The molecule has 0 radical (unpaired) electrons. The van der Waals surface area contributed by atoms with Gasteiger partial charge >= 0.3 is 0 Å². The molecule has 2 N–H and O–H groups in total. The molecular weight excluding hydrogens is 366 g/mol. The van der Waals surface area contributed by atoms with Crippen molar-refractivity contribution in [2.45, 2.75) is 41.2 Å². The van der Waals surface area contributed by atoms with Crippen molar-refractivity contribution in [3.05, 3.63) is 70.0 Å². The lowest BCUT2D eigenvalue weighted by atomic mass is 10.1. The van der Waals surface area contributed by atoms with Crippen molar-refractivity contribution in [3.63, 3.8) is 0 Å². The van der Waals surface area contributed by atoms with Crippen LogP contribution in [0.15, 0.2) is 36.4 Å². The smallest absolute Gasteiger partial charge is 0.278 e. The number of benzene rings is 2. The Morgan fingerprint density at radius 2 is 1.55 bits per heavy atom. The normalized spacial score (nSPS) is 10.7. The Kier molecular flexibility index (Phi) is 5.77. The van der Waals surface area contributed by atoms with Gasteiger partial charge in [-0.1, -0.05) is 35.0 Å². The van der Waals surface area contributed by atoms with Crippen LogP contribution in [0.1, 0.15) is 38.4 Å². The minimum absolute atomic E-state index is 0.0247. The van der Waals surface area contributed by atoms with Crippen LogP contribution in [0.2, 0.25) is 0 Å². The highest BCUT2D eigenvalue weighted by Gasteiger charge is 2.19. The fourth-order valence-corrected chi connectivity index (χ4v) is 3.05. The van der Waals surface area contributed by atoms with Gasteiger partial charge in [0.2, 0.25) is 5.91 Å². The number of nitrogens with one attached hydrogen (secondary N) is 2. The van der Waals surface area contributed by atoms with Gasteiger partial charge in [-0.25, -0.2) is 4.68 Å². The quantitative estimate of drug-likeness (QED) is 0.694. The largest absolute Gasteiger partial charge is 0.324 e. The molecule has 2 aromatic carbocycles. The SMILES string of the molecule is Cc1ccc(NC(=O)c2nnn(CC(=O)Nc3cc(C)ccc3C)c2C)c(C)c1. The molecule has 0 spiro atoms. The summed E-state index contributed by atoms with van der Waals surface area (Å²) in [6, 6.07) is 11.7. The summed E-state index contributed by atoms with van der Waals surface area (Å²) in [7, 11) is 0. The first-order chi connectivity index (χ1) is 13.7. The van der Waals surface area contributed by atoms with Crippen molar-refractivity contribution in [3.8, 4) is 0 Å². The zero-order chi connectivity index (χ0) is 21.1. The fourth-order valence-electron chi connectivity index (χ4n) is 3.05. The van der Waals surface area contributed by atoms with Crippen molar-refractivity contribution >= 4 is 23.2 Å². The third-order valence-corrected chi connectivity index (χ3v) is 4.79. The molecule has 0 atom stereocenters. The molecule has 2 amide bonds. The molecule has 29 heavy (non-hydrogen) atoms. The molecule has 0 unspecified atom stereocenters. The Morgan fingerprint density at radius 1 is 0.862 bits per heavy atom. The van der Waals surface area contributed by atoms with E-state index < -0.39 is 0 Å². The zero-order valence-corrected chi connectivity index (χ0v) is 17.3.